The average molecular weight is 559 g/mol. The fourth-order valence-electron chi connectivity index (χ4n) is 4.86. The molecule has 0 saturated carbocycles. The van der Waals surface area contributed by atoms with Gasteiger partial charge in [0.2, 0.25) is 8.32 Å². The Morgan fingerprint density at radius 1 is 1.08 bits per heavy atom. The maximum absolute atomic E-state index is 10.0. The average Bonchev–Trinajstić information content (AvgIpc) is 2.79. The van der Waals surface area contributed by atoms with Crippen LogP contribution in [0.25, 0.3) is 0 Å². The van der Waals surface area contributed by atoms with Gasteiger partial charge in [0.1, 0.15) is 17.1 Å². The Labute approximate surface area is 241 Å². The van der Waals surface area contributed by atoms with Crippen LogP contribution in [0.4, 0.5) is 0 Å². The van der Waals surface area contributed by atoms with Gasteiger partial charge >= 0.3 is 0 Å². The van der Waals surface area contributed by atoms with Crippen molar-refractivity contribution < 1.29 is 19.4 Å². The van der Waals surface area contributed by atoms with E-state index in [0.29, 0.717) is 6.42 Å². The van der Waals surface area contributed by atoms with Gasteiger partial charge in [0.25, 0.3) is 0 Å². The summed E-state index contributed by atoms with van der Waals surface area (Å²) in [7, 11) is -1.90. The van der Waals surface area contributed by atoms with Gasteiger partial charge in [-0.3, -0.25) is 0 Å². The summed E-state index contributed by atoms with van der Waals surface area (Å²) in [4.78, 5) is 0. The summed E-state index contributed by atoms with van der Waals surface area (Å²) < 4.78 is 13.4. The molecule has 1 aliphatic heterocycles. The van der Waals surface area contributed by atoms with E-state index in [4.69, 9.17) is 9.16 Å². The third kappa shape index (κ3) is 9.50. The Kier molecular flexibility index (Phi) is 11.2. The third-order valence-corrected chi connectivity index (χ3v) is 13.4. The highest BCUT2D eigenvalue weighted by Gasteiger charge is 2.40. The predicted octanol–water partition coefficient (Wildman–Crippen LogP) is 9.14. The van der Waals surface area contributed by atoms with Crippen molar-refractivity contribution in [1.82, 2.24) is 0 Å². The molecule has 2 rings (SSSR count). The summed E-state index contributed by atoms with van der Waals surface area (Å²) in [5.41, 5.74) is 5.24. The first-order valence-corrected chi connectivity index (χ1v) is 17.9. The zero-order valence-electron chi connectivity index (χ0n) is 27.2. The van der Waals surface area contributed by atoms with Crippen molar-refractivity contribution in [2.75, 3.05) is 0 Å². The van der Waals surface area contributed by atoms with Crippen LogP contribution in [0, 0.1) is 13.8 Å². The van der Waals surface area contributed by atoms with E-state index in [1.165, 1.54) is 27.8 Å². The van der Waals surface area contributed by atoms with Crippen molar-refractivity contribution in [3.05, 3.63) is 46.1 Å². The predicted molar refractivity (Wildman–Crippen MR) is 169 cm³/mol. The van der Waals surface area contributed by atoms with Crippen LogP contribution in [0.15, 0.2) is 29.4 Å². The van der Waals surface area contributed by atoms with E-state index in [0.717, 1.165) is 56.4 Å². The number of fused-ring (bicyclic) bond motifs is 1. The molecule has 0 aliphatic carbocycles. The molecule has 0 fully saturated rings. The first-order valence-electron chi connectivity index (χ1n) is 15.0. The standard InChI is InChI=1S/C34H58O4Si/c1-24(15-13-16-25(2)18-19-30(35)33(8,9)36)17-14-21-34(10)22-20-28-27(4)29(23-26(3)31(28)37-34)38-39(11,12)32(5,6)7/h16-17,23,30,35-36H,13-15,18-22H2,1-12H3/b24-17+,25-16+/t30?,34-/m1/s1. The fourth-order valence-corrected chi connectivity index (χ4v) is 5.93. The van der Waals surface area contributed by atoms with E-state index < -0.39 is 20.0 Å². The minimum absolute atomic E-state index is 0.152. The molecule has 0 radical (unpaired) electrons. The van der Waals surface area contributed by atoms with Crippen LogP contribution in [0.2, 0.25) is 18.1 Å². The zero-order valence-corrected chi connectivity index (χ0v) is 28.2. The van der Waals surface area contributed by atoms with Crippen LogP contribution in [0.3, 0.4) is 0 Å². The Bertz CT molecular complexity index is 1040. The van der Waals surface area contributed by atoms with Crippen molar-refractivity contribution in [2.24, 2.45) is 0 Å². The minimum Gasteiger partial charge on any atom is -0.543 e. The largest absolute Gasteiger partial charge is 0.543 e. The summed E-state index contributed by atoms with van der Waals surface area (Å²) in [6, 6.07) is 2.20. The molecule has 1 aliphatic rings. The van der Waals surface area contributed by atoms with Gasteiger partial charge in [0.15, 0.2) is 0 Å². The van der Waals surface area contributed by atoms with Crippen LogP contribution < -0.4 is 9.16 Å². The van der Waals surface area contributed by atoms with Gasteiger partial charge in [-0.25, -0.2) is 0 Å². The van der Waals surface area contributed by atoms with Gasteiger partial charge in [-0.15, -0.1) is 0 Å². The SMILES string of the molecule is C/C(=C\CC[C@]1(C)CCc2c(C)c(O[Si](C)(C)C(C)(C)C)cc(C)c2O1)CC/C=C(\C)CCC(O)C(C)(C)O. The Hall–Kier alpha value is -1.56. The molecular weight excluding hydrogens is 500 g/mol. The molecule has 0 aromatic heterocycles. The fraction of sp³-hybridized carbons (Fsp3) is 0.706. The highest BCUT2D eigenvalue weighted by molar-refractivity contribution is 6.74. The number of aliphatic hydroxyl groups is 2. The highest BCUT2D eigenvalue weighted by atomic mass is 28.4. The van der Waals surface area contributed by atoms with Gasteiger partial charge in [0.05, 0.1) is 11.7 Å². The molecule has 1 aromatic carbocycles. The van der Waals surface area contributed by atoms with Gasteiger partial charge < -0.3 is 19.4 Å². The Morgan fingerprint density at radius 2 is 1.67 bits per heavy atom. The van der Waals surface area contributed by atoms with Crippen molar-refractivity contribution >= 4 is 8.32 Å². The molecule has 0 bridgehead atoms. The molecule has 4 nitrogen and oxygen atoms in total. The van der Waals surface area contributed by atoms with Crippen molar-refractivity contribution in [3.63, 3.8) is 0 Å². The van der Waals surface area contributed by atoms with E-state index >= 15 is 0 Å². The van der Waals surface area contributed by atoms with Crippen LogP contribution in [-0.2, 0) is 6.42 Å². The highest BCUT2D eigenvalue weighted by Crippen LogP contribution is 2.45. The molecular formula is C34H58O4Si. The Balaban J connectivity index is 1.94. The molecule has 0 amide bonds. The van der Waals surface area contributed by atoms with Crippen molar-refractivity contribution in [2.45, 2.75) is 156 Å². The van der Waals surface area contributed by atoms with E-state index in [2.05, 4.69) is 86.7 Å². The number of aliphatic hydroxyl groups excluding tert-OH is 1. The normalized spacial score (nSPS) is 19.9. The lowest BCUT2D eigenvalue weighted by molar-refractivity contribution is -0.0509. The molecule has 1 unspecified atom stereocenters. The molecule has 0 saturated heterocycles. The van der Waals surface area contributed by atoms with E-state index in [9.17, 15) is 10.2 Å². The zero-order chi connectivity index (χ0) is 29.8. The molecule has 0 spiro atoms. The summed E-state index contributed by atoms with van der Waals surface area (Å²) in [6.07, 6.45) is 11.5. The molecule has 5 heteroatoms. The van der Waals surface area contributed by atoms with Crippen LogP contribution >= 0.6 is 0 Å². The second kappa shape index (κ2) is 13.0. The molecule has 2 atom stereocenters. The quantitative estimate of drug-likeness (QED) is 0.198. The van der Waals surface area contributed by atoms with Crippen molar-refractivity contribution in [3.8, 4) is 11.5 Å². The van der Waals surface area contributed by atoms with Crippen LogP contribution in [0.1, 0.15) is 117 Å². The number of rotatable bonds is 12. The van der Waals surface area contributed by atoms with Crippen LogP contribution in [0.5, 0.6) is 11.5 Å². The van der Waals surface area contributed by atoms with Gasteiger partial charge in [-0.05, 0) is 135 Å². The lowest BCUT2D eigenvalue weighted by Crippen LogP contribution is -2.44. The van der Waals surface area contributed by atoms with E-state index in [1.807, 2.05) is 0 Å². The molecule has 222 valence electrons. The van der Waals surface area contributed by atoms with Gasteiger partial charge in [-0.2, -0.15) is 0 Å². The summed E-state index contributed by atoms with van der Waals surface area (Å²) in [5.74, 6) is 2.11. The number of aryl methyl sites for hydroxylation is 1. The smallest absolute Gasteiger partial charge is 0.250 e. The topological polar surface area (TPSA) is 58.9 Å². The lowest BCUT2D eigenvalue weighted by Gasteiger charge is -2.40. The summed E-state index contributed by atoms with van der Waals surface area (Å²) >= 11 is 0. The first-order chi connectivity index (χ1) is 17.8. The maximum atomic E-state index is 10.0. The number of ether oxygens (including phenoxy) is 1. The summed E-state index contributed by atoms with van der Waals surface area (Å²) in [5, 5.41) is 20.1. The first kappa shape index (κ1) is 33.6. The molecule has 1 heterocycles. The second-order valence-electron chi connectivity index (χ2n) is 14.4. The van der Waals surface area contributed by atoms with Crippen LogP contribution in [-0.4, -0.2) is 35.8 Å². The molecule has 2 N–H and O–H groups in total. The Morgan fingerprint density at radius 3 is 2.26 bits per heavy atom. The second-order valence-corrected chi connectivity index (χ2v) is 19.1. The lowest BCUT2D eigenvalue weighted by atomic mass is 9.86. The monoisotopic (exact) mass is 558 g/mol. The van der Waals surface area contributed by atoms with Gasteiger partial charge in [-0.1, -0.05) is 44.1 Å². The minimum atomic E-state index is -1.90. The third-order valence-electron chi connectivity index (χ3n) is 9.05. The number of allylic oxidation sites excluding steroid dienone is 4. The summed E-state index contributed by atoms with van der Waals surface area (Å²) in [6.45, 7) is 25.8. The van der Waals surface area contributed by atoms with Gasteiger partial charge in [0, 0.05) is 5.56 Å². The number of benzene rings is 1. The van der Waals surface area contributed by atoms with Crippen molar-refractivity contribution in [1.29, 1.82) is 0 Å². The van der Waals surface area contributed by atoms with E-state index in [1.54, 1.807) is 13.8 Å². The maximum Gasteiger partial charge on any atom is 0.250 e. The molecule has 1 aromatic rings. The number of hydrogen-bond acceptors (Lipinski definition) is 4. The molecule has 39 heavy (non-hydrogen) atoms. The number of hydrogen-bond donors (Lipinski definition) is 2. The van der Waals surface area contributed by atoms with E-state index in [-0.39, 0.29) is 10.6 Å².